The van der Waals surface area contributed by atoms with E-state index < -0.39 is 23.6 Å². The van der Waals surface area contributed by atoms with E-state index >= 15 is 0 Å². The normalized spacial score (nSPS) is 12.0. The van der Waals surface area contributed by atoms with Gasteiger partial charge in [0, 0.05) is 22.8 Å². The number of hydrogen-bond acceptors (Lipinski definition) is 5. The Bertz CT molecular complexity index is 884. The van der Waals surface area contributed by atoms with E-state index in [0.717, 1.165) is 15.3 Å². The lowest BCUT2D eigenvalue weighted by Gasteiger charge is -2.20. The fourth-order valence-corrected chi connectivity index (χ4v) is 3.90. The Balaban J connectivity index is 3.10. The lowest BCUT2D eigenvalue weighted by molar-refractivity contribution is -0.133. The van der Waals surface area contributed by atoms with Crippen molar-refractivity contribution < 1.29 is 24.2 Å². The maximum Gasteiger partial charge on any atom is 0.407 e. The van der Waals surface area contributed by atoms with E-state index in [-0.39, 0.29) is 24.2 Å². The van der Waals surface area contributed by atoms with Crippen LogP contribution >= 0.6 is 11.3 Å². The van der Waals surface area contributed by atoms with Gasteiger partial charge in [-0.3, -0.25) is 4.79 Å². The van der Waals surface area contributed by atoms with Crippen molar-refractivity contribution in [1.82, 2.24) is 10.6 Å². The summed E-state index contributed by atoms with van der Waals surface area (Å²) in [6.07, 6.45) is -0.580. The molecule has 1 aromatic heterocycles. The monoisotopic (exact) mass is 436 g/mol. The molecule has 1 aromatic rings. The number of carbonyl (C=O) groups excluding carboxylic acids is 2. The highest BCUT2D eigenvalue weighted by molar-refractivity contribution is 7.12. The molecule has 0 aliphatic carbocycles. The Morgan fingerprint density at radius 3 is 2.03 bits per heavy atom. The molecule has 2 amide bonds. The van der Waals surface area contributed by atoms with Gasteiger partial charge in [0.1, 0.15) is 5.60 Å². The molecule has 0 fully saturated rings. The van der Waals surface area contributed by atoms with Gasteiger partial charge in [0.2, 0.25) is 0 Å². The number of alkyl carbamates (subject to hydrolysis) is 1. The average molecular weight is 437 g/mol. The Kier molecular flexibility index (Phi) is 8.84. The molecule has 0 saturated carbocycles. The molecule has 166 valence electrons. The third kappa shape index (κ3) is 7.33. The summed E-state index contributed by atoms with van der Waals surface area (Å²) in [5.74, 6) is -1.66. The first kappa shape index (κ1) is 25.4. The molecule has 0 spiro atoms. The van der Waals surface area contributed by atoms with Crippen LogP contribution in [0.4, 0.5) is 4.79 Å². The van der Waals surface area contributed by atoms with E-state index in [0.29, 0.717) is 11.1 Å². The lowest BCUT2D eigenvalue weighted by atomic mass is 9.92. The van der Waals surface area contributed by atoms with Crippen LogP contribution in [0.3, 0.4) is 0 Å². The SMILES string of the molecule is CC(C)=C(C(=O)O)/C(C(=O)NCCNC(=O)OC(C)(C)C)=C(\C)c1cc(C)sc1C. The van der Waals surface area contributed by atoms with Crippen LogP contribution in [0.5, 0.6) is 0 Å². The predicted octanol–water partition coefficient (Wildman–Crippen LogP) is 4.20. The van der Waals surface area contributed by atoms with E-state index in [2.05, 4.69) is 10.6 Å². The van der Waals surface area contributed by atoms with Crippen molar-refractivity contribution in [1.29, 1.82) is 0 Å². The summed E-state index contributed by atoms with van der Waals surface area (Å²) < 4.78 is 5.15. The number of aryl methyl sites for hydroxylation is 2. The Hall–Kier alpha value is -2.61. The number of carbonyl (C=O) groups is 3. The van der Waals surface area contributed by atoms with Crippen molar-refractivity contribution in [3.8, 4) is 0 Å². The number of aliphatic carboxylic acids is 1. The maximum absolute atomic E-state index is 13.0. The molecule has 0 bridgehead atoms. The molecule has 3 N–H and O–H groups in total. The summed E-state index contributed by atoms with van der Waals surface area (Å²) in [6, 6.07) is 1.96. The number of nitrogens with one attached hydrogen (secondary N) is 2. The van der Waals surface area contributed by atoms with Gasteiger partial charge in [-0.15, -0.1) is 11.3 Å². The number of amides is 2. The van der Waals surface area contributed by atoms with Gasteiger partial charge in [0.15, 0.2) is 0 Å². The van der Waals surface area contributed by atoms with Crippen LogP contribution in [0.2, 0.25) is 0 Å². The number of carboxylic acid groups (broad SMARTS) is 1. The van der Waals surface area contributed by atoms with Gasteiger partial charge in [-0.25, -0.2) is 9.59 Å². The second-order valence-corrected chi connectivity index (χ2v) is 9.65. The summed E-state index contributed by atoms with van der Waals surface area (Å²) in [7, 11) is 0. The number of ether oxygens (including phenoxy) is 1. The second kappa shape index (κ2) is 10.4. The number of carboxylic acids is 1. The van der Waals surface area contributed by atoms with E-state index in [1.165, 1.54) is 0 Å². The summed E-state index contributed by atoms with van der Waals surface area (Å²) in [5, 5.41) is 15.0. The first-order valence-corrected chi connectivity index (χ1v) is 10.5. The van der Waals surface area contributed by atoms with Crippen molar-refractivity contribution in [2.24, 2.45) is 0 Å². The van der Waals surface area contributed by atoms with Crippen molar-refractivity contribution >= 4 is 34.9 Å². The molecule has 0 unspecified atom stereocenters. The summed E-state index contributed by atoms with van der Waals surface area (Å²) in [6.45, 7) is 14.6. The highest BCUT2D eigenvalue weighted by atomic mass is 32.1. The predicted molar refractivity (Wildman–Crippen MR) is 120 cm³/mol. The van der Waals surface area contributed by atoms with Crippen LogP contribution in [0.15, 0.2) is 22.8 Å². The molecule has 1 heterocycles. The van der Waals surface area contributed by atoms with E-state index in [4.69, 9.17) is 4.74 Å². The molecule has 0 radical (unpaired) electrons. The zero-order valence-corrected chi connectivity index (χ0v) is 19.8. The second-order valence-electron chi connectivity index (χ2n) is 8.19. The lowest BCUT2D eigenvalue weighted by Crippen LogP contribution is -2.38. The Morgan fingerprint density at radius 2 is 1.60 bits per heavy atom. The van der Waals surface area contributed by atoms with Crippen LogP contribution in [-0.2, 0) is 14.3 Å². The van der Waals surface area contributed by atoms with Gasteiger partial charge in [-0.2, -0.15) is 0 Å². The van der Waals surface area contributed by atoms with Crippen molar-refractivity contribution in [2.75, 3.05) is 13.1 Å². The van der Waals surface area contributed by atoms with Crippen LogP contribution in [0.1, 0.15) is 56.9 Å². The maximum atomic E-state index is 13.0. The molecule has 0 atom stereocenters. The zero-order valence-electron chi connectivity index (χ0n) is 19.0. The molecule has 8 heteroatoms. The van der Waals surface area contributed by atoms with Crippen LogP contribution < -0.4 is 10.6 Å². The van der Waals surface area contributed by atoms with E-state index in [1.54, 1.807) is 52.9 Å². The van der Waals surface area contributed by atoms with E-state index in [9.17, 15) is 19.5 Å². The first-order valence-electron chi connectivity index (χ1n) is 9.69. The molecule has 0 aliphatic heterocycles. The van der Waals surface area contributed by atoms with Gasteiger partial charge >= 0.3 is 12.1 Å². The summed E-state index contributed by atoms with van der Waals surface area (Å²) >= 11 is 1.59. The smallest absolute Gasteiger partial charge is 0.407 e. The number of hydrogen-bond donors (Lipinski definition) is 3. The molecule has 7 nitrogen and oxygen atoms in total. The molecular weight excluding hydrogens is 404 g/mol. The topological polar surface area (TPSA) is 105 Å². The van der Waals surface area contributed by atoms with Gasteiger partial charge in [0.05, 0.1) is 11.1 Å². The highest BCUT2D eigenvalue weighted by Gasteiger charge is 2.25. The Labute approximate surface area is 182 Å². The zero-order chi connectivity index (χ0) is 23.2. The standard InChI is InChI=1S/C22H32N2O5S/c1-12(2)17(20(26)27)18(14(4)16-11-13(3)30-15(16)5)19(25)23-9-10-24-21(28)29-22(6,7)8/h11H,9-10H2,1-8H3,(H,23,25)(H,24,28)(H,26,27)/b18-14-. The molecule has 30 heavy (non-hydrogen) atoms. The molecular formula is C22H32N2O5S. The molecule has 1 rings (SSSR count). The van der Waals surface area contributed by atoms with E-state index in [1.807, 2.05) is 19.9 Å². The quantitative estimate of drug-likeness (QED) is 0.338. The fraction of sp³-hybridized carbons (Fsp3) is 0.500. The fourth-order valence-electron chi connectivity index (χ4n) is 2.92. The number of thiophene rings is 1. The average Bonchev–Trinajstić information content (AvgIpc) is 2.91. The molecule has 0 aromatic carbocycles. The van der Waals surface area contributed by atoms with Gasteiger partial charge in [0.25, 0.3) is 5.91 Å². The van der Waals surface area contributed by atoms with Crippen molar-refractivity contribution in [2.45, 2.75) is 61.0 Å². The largest absolute Gasteiger partial charge is 0.478 e. The van der Waals surface area contributed by atoms with Crippen LogP contribution in [0.25, 0.3) is 5.57 Å². The molecule has 0 aliphatic rings. The third-order valence-corrected chi connectivity index (χ3v) is 5.06. The number of rotatable bonds is 7. The van der Waals surface area contributed by atoms with Crippen LogP contribution in [0, 0.1) is 13.8 Å². The summed E-state index contributed by atoms with van der Waals surface area (Å²) in [4.78, 5) is 38.7. The van der Waals surface area contributed by atoms with Gasteiger partial charge in [-0.1, -0.05) is 5.57 Å². The van der Waals surface area contributed by atoms with Crippen LogP contribution in [-0.4, -0.2) is 41.8 Å². The minimum Gasteiger partial charge on any atom is -0.478 e. The summed E-state index contributed by atoms with van der Waals surface area (Å²) in [5.41, 5.74) is 1.48. The van der Waals surface area contributed by atoms with Gasteiger partial charge in [-0.05, 0) is 72.6 Å². The third-order valence-electron chi connectivity index (χ3n) is 4.09. The van der Waals surface area contributed by atoms with Crippen molar-refractivity contribution in [3.63, 3.8) is 0 Å². The first-order chi connectivity index (χ1) is 13.7. The minimum atomic E-state index is -1.16. The number of allylic oxidation sites excluding steroid dienone is 2. The molecule has 0 saturated heterocycles. The highest BCUT2D eigenvalue weighted by Crippen LogP contribution is 2.32. The minimum absolute atomic E-state index is 0.0200. The van der Waals surface area contributed by atoms with Gasteiger partial charge < -0.3 is 20.5 Å². The Morgan fingerprint density at radius 1 is 1.03 bits per heavy atom. The van der Waals surface area contributed by atoms with Crippen molar-refractivity contribution in [3.05, 3.63) is 38.1 Å².